The Morgan fingerprint density at radius 1 is 0.507 bits per heavy atom. The molecule has 0 fully saturated rings. The summed E-state index contributed by atoms with van der Waals surface area (Å²) in [5, 5.41) is 13.9. The second-order valence-corrected chi connectivity index (χ2v) is 22.4. The molecule has 0 aliphatic carbocycles. The fourth-order valence-electron chi connectivity index (χ4n) is 8.45. The molecule has 69 heavy (non-hydrogen) atoms. The number of phosphoric acid groups is 1. The zero-order valence-corrected chi connectivity index (χ0v) is 46.9. The van der Waals surface area contributed by atoms with E-state index in [2.05, 4.69) is 67.8 Å². The summed E-state index contributed by atoms with van der Waals surface area (Å²) in [6.07, 6.45) is 68.9. The van der Waals surface area contributed by atoms with Crippen molar-refractivity contribution in [3.63, 3.8) is 0 Å². The van der Waals surface area contributed by atoms with Crippen LogP contribution in [0.15, 0.2) is 60.8 Å². The van der Waals surface area contributed by atoms with Gasteiger partial charge in [0.1, 0.15) is 13.2 Å². The van der Waals surface area contributed by atoms with Gasteiger partial charge in [-0.15, -0.1) is 0 Å². The van der Waals surface area contributed by atoms with Crippen LogP contribution in [0.1, 0.15) is 264 Å². The Morgan fingerprint density at radius 3 is 1.28 bits per heavy atom. The molecule has 0 rings (SSSR count). The summed E-state index contributed by atoms with van der Waals surface area (Å²) in [5.74, 6) is -0.177. The summed E-state index contributed by atoms with van der Waals surface area (Å²) in [6, 6.07) is -0.849. The smallest absolute Gasteiger partial charge is 0.387 e. The van der Waals surface area contributed by atoms with Crippen LogP contribution in [0.4, 0.5) is 0 Å². The van der Waals surface area contributed by atoms with E-state index in [1.807, 2.05) is 27.2 Å². The molecule has 0 radical (unpaired) electrons. The van der Waals surface area contributed by atoms with E-state index in [1.54, 1.807) is 6.08 Å². The van der Waals surface area contributed by atoms with E-state index in [1.165, 1.54) is 180 Å². The van der Waals surface area contributed by atoms with Crippen LogP contribution in [-0.2, 0) is 18.4 Å². The molecule has 0 aromatic heterocycles. The highest BCUT2D eigenvalue weighted by molar-refractivity contribution is 7.47. The van der Waals surface area contributed by atoms with E-state index in [0.717, 1.165) is 64.2 Å². The van der Waals surface area contributed by atoms with Gasteiger partial charge in [-0.3, -0.25) is 13.8 Å². The molecule has 0 saturated heterocycles. The molecule has 0 aromatic carbocycles. The third kappa shape index (κ3) is 53.8. The van der Waals surface area contributed by atoms with E-state index < -0.39 is 20.0 Å². The monoisotopic (exact) mass is 990 g/mol. The van der Waals surface area contributed by atoms with Crippen molar-refractivity contribution in [3.8, 4) is 0 Å². The minimum atomic E-state index is -4.35. The van der Waals surface area contributed by atoms with Gasteiger partial charge in [0.2, 0.25) is 5.91 Å². The summed E-state index contributed by atoms with van der Waals surface area (Å²) in [5.41, 5.74) is 0. The molecule has 8 nitrogen and oxygen atoms in total. The maximum Gasteiger partial charge on any atom is 0.472 e. The van der Waals surface area contributed by atoms with Gasteiger partial charge in [0.15, 0.2) is 0 Å². The average Bonchev–Trinajstić information content (AvgIpc) is 3.31. The number of unbranched alkanes of at least 4 members (excludes halogenated alkanes) is 32. The first-order valence-corrected chi connectivity index (χ1v) is 30.7. The van der Waals surface area contributed by atoms with Gasteiger partial charge in [-0.25, -0.2) is 4.57 Å². The number of phosphoric ester groups is 1. The van der Waals surface area contributed by atoms with Crippen LogP contribution in [0.25, 0.3) is 0 Å². The molecule has 3 unspecified atom stereocenters. The number of nitrogens with one attached hydrogen (secondary N) is 1. The molecule has 0 bridgehead atoms. The number of hydrogen-bond acceptors (Lipinski definition) is 5. The second kappa shape index (κ2) is 51.1. The van der Waals surface area contributed by atoms with E-state index in [0.29, 0.717) is 17.4 Å². The molecule has 0 heterocycles. The largest absolute Gasteiger partial charge is 0.472 e. The first-order chi connectivity index (χ1) is 33.5. The molecule has 0 aliphatic heterocycles. The molecule has 0 spiro atoms. The van der Waals surface area contributed by atoms with Gasteiger partial charge in [-0.1, -0.05) is 261 Å². The van der Waals surface area contributed by atoms with Gasteiger partial charge >= 0.3 is 7.82 Å². The van der Waals surface area contributed by atoms with Gasteiger partial charge in [0, 0.05) is 6.42 Å². The second-order valence-electron chi connectivity index (χ2n) is 21.0. The van der Waals surface area contributed by atoms with Crippen molar-refractivity contribution in [3.05, 3.63) is 60.8 Å². The van der Waals surface area contributed by atoms with Crippen LogP contribution in [0.2, 0.25) is 0 Å². The zero-order valence-electron chi connectivity index (χ0n) is 46.0. The SMILES string of the molecule is CC/C=C\C/C=C\C/C=C\C/C=C\CCCCCCCCCCCCCCCCC(=O)NC(COP(=O)(O)OCC[N+](C)(C)C)C(O)/C=C/CCCCCCCCCCCCCCCCCCCC. The number of rotatable bonds is 53. The summed E-state index contributed by atoms with van der Waals surface area (Å²) in [7, 11) is 1.57. The number of likely N-dealkylation sites (N-methyl/N-ethyl adjacent to an activating group) is 1. The van der Waals surface area contributed by atoms with Crippen LogP contribution in [-0.4, -0.2) is 73.4 Å². The normalized spacial score (nSPS) is 14.4. The minimum absolute atomic E-state index is 0.0606. The zero-order chi connectivity index (χ0) is 50.6. The van der Waals surface area contributed by atoms with E-state index >= 15 is 0 Å². The third-order valence-electron chi connectivity index (χ3n) is 13.0. The topological polar surface area (TPSA) is 105 Å². The number of hydrogen-bond donors (Lipinski definition) is 3. The number of carbonyl (C=O) groups excluding carboxylic acids is 1. The summed E-state index contributed by atoms with van der Waals surface area (Å²) in [4.78, 5) is 23.3. The van der Waals surface area contributed by atoms with Gasteiger partial charge in [-0.05, 0) is 57.8 Å². The first-order valence-electron chi connectivity index (χ1n) is 29.2. The summed E-state index contributed by atoms with van der Waals surface area (Å²) >= 11 is 0. The van der Waals surface area contributed by atoms with Crippen molar-refractivity contribution in [2.24, 2.45) is 0 Å². The summed E-state index contributed by atoms with van der Waals surface area (Å²) in [6.45, 7) is 4.73. The van der Waals surface area contributed by atoms with Crippen molar-refractivity contribution < 1.29 is 32.9 Å². The highest BCUT2D eigenvalue weighted by Crippen LogP contribution is 2.43. The highest BCUT2D eigenvalue weighted by atomic mass is 31.2. The molecule has 9 heteroatoms. The lowest BCUT2D eigenvalue weighted by Gasteiger charge is -2.25. The number of nitrogens with zero attached hydrogens (tertiary/aromatic N) is 1. The molecule has 3 N–H and O–H groups in total. The van der Waals surface area contributed by atoms with Crippen molar-refractivity contribution in [2.45, 2.75) is 276 Å². The quantitative estimate of drug-likeness (QED) is 0.0243. The fraction of sp³-hybridized carbons (Fsp3) is 0.817. The molecule has 3 atom stereocenters. The Kier molecular flexibility index (Phi) is 49.8. The molecular formula is C60H114N2O6P+. The van der Waals surface area contributed by atoms with Gasteiger partial charge in [0.25, 0.3) is 0 Å². The molecule has 1 amide bonds. The van der Waals surface area contributed by atoms with Crippen molar-refractivity contribution in [1.29, 1.82) is 0 Å². The number of allylic oxidation sites excluding steroid dienone is 9. The molecule has 0 saturated carbocycles. The number of aliphatic hydroxyl groups excluding tert-OH is 1. The maximum absolute atomic E-state index is 13.0. The molecule has 0 aliphatic rings. The van der Waals surface area contributed by atoms with Crippen LogP contribution in [0.5, 0.6) is 0 Å². The van der Waals surface area contributed by atoms with Crippen LogP contribution < -0.4 is 5.32 Å². The van der Waals surface area contributed by atoms with Gasteiger partial charge in [-0.2, -0.15) is 0 Å². The van der Waals surface area contributed by atoms with Crippen LogP contribution >= 0.6 is 7.82 Å². The average molecular weight is 991 g/mol. The predicted octanol–water partition coefficient (Wildman–Crippen LogP) is 17.7. The number of amides is 1. The Bertz CT molecular complexity index is 1310. The van der Waals surface area contributed by atoms with Crippen molar-refractivity contribution in [2.75, 3.05) is 40.9 Å². The standard InChI is InChI=1S/C60H113N2O6P/c1-6-8-10-12-14-16-18-20-22-24-26-28-29-30-31-32-33-34-36-38-40-42-44-46-48-50-52-54-60(64)61-58(57-68-69(65,66)67-56-55-62(3,4)5)59(63)53-51-49-47-45-43-41-39-37-35-27-25-23-21-19-17-15-13-11-9-7-2/h8,10,14,16,20,22,26,28,51,53,58-59,63H,6-7,9,11-13,15,17-19,21,23-25,27,29-50,52,54-57H2,1-5H3,(H-,61,64,65,66)/p+1/b10-8-,16-14-,22-20-,28-26-,53-51+. The van der Waals surface area contributed by atoms with Crippen LogP contribution in [0, 0.1) is 0 Å². The van der Waals surface area contributed by atoms with E-state index in [-0.39, 0.29) is 19.1 Å². The summed E-state index contributed by atoms with van der Waals surface area (Å²) < 4.78 is 23.7. The van der Waals surface area contributed by atoms with Gasteiger partial charge in [0.05, 0.1) is 39.9 Å². The number of aliphatic hydroxyl groups is 1. The maximum atomic E-state index is 13.0. The molecule has 404 valence electrons. The van der Waals surface area contributed by atoms with Crippen LogP contribution in [0.3, 0.4) is 0 Å². The van der Waals surface area contributed by atoms with E-state index in [9.17, 15) is 19.4 Å². The minimum Gasteiger partial charge on any atom is -0.387 e. The van der Waals surface area contributed by atoms with E-state index in [4.69, 9.17) is 9.05 Å². The molecular weight excluding hydrogens is 876 g/mol. The van der Waals surface area contributed by atoms with Gasteiger partial charge < -0.3 is 19.8 Å². The van der Waals surface area contributed by atoms with Crippen molar-refractivity contribution >= 4 is 13.7 Å². The third-order valence-corrected chi connectivity index (χ3v) is 14.0. The predicted molar refractivity (Wildman–Crippen MR) is 300 cm³/mol. The highest BCUT2D eigenvalue weighted by Gasteiger charge is 2.27. The lowest BCUT2D eigenvalue weighted by Crippen LogP contribution is -2.45. The molecule has 0 aromatic rings. The number of carbonyl (C=O) groups is 1. The Morgan fingerprint density at radius 2 is 0.870 bits per heavy atom. The Labute approximate surface area is 428 Å². The Balaban J connectivity index is 4.18. The lowest BCUT2D eigenvalue weighted by atomic mass is 10.0. The Hall–Kier alpha value is -1.80. The van der Waals surface area contributed by atoms with Crippen molar-refractivity contribution in [1.82, 2.24) is 5.32 Å². The fourth-order valence-corrected chi connectivity index (χ4v) is 9.18. The lowest BCUT2D eigenvalue weighted by molar-refractivity contribution is -0.870. The first kappa shape index (κ1) is 67.2. The number of quaternary nitrogens is 1.